The highest BCUT2D eigenvalue weighted by Gasteiger charge is 2.31. The first-order valence-electron chi connectivity index (χ1n) is 9.16. The fourth-order valence-corrected chi connectivity index (χ4v) is 3.33. The van der Waals surface area contributed by atoms with E-state index in [0.717, 1.165) is 16.7 Å². The molecule has 0 unspecified atom stereocenters. The Kier molecular flexibility index (Phi) is 5.69. The average Bonchev–Trinajstić information content (AvgIpc) is 2.84. The molecule has 27 heavy (non-hydrogen) atoms. The molecule has 1 fully saturated rings. The van der Waals surface area contributed by atoms with Gasteiger partial charge in [0, 0.05) is 45.2 Å². The maximum absolute atomic E-state index is 12.9. The van der Waals surface area contributed by atoms with Gasteiger partial charge in [-0.3, -0.25) is 14.4 Å². The third-order valence-corrected chi connectivity index (χ3v) is 4.92. The Hall–Kier alpha value is -2.96. The van der Waals surface area contributed by atoms with Crippen LogP contribution in [0.3, 0.4) is 0 Å². The molecule has 7 heteroatoms. The second-order valence-corrected chi connectivity index (χ2v) is 6.75. The number of amides is 2. The van der Waals surface area contributed by atoms with Gasteiger partial charge in [0.05, 0.1) is 0 Å². The van der Waals surface area contributed by atoms with E-state index in [1.165, 1.54) is 19.2 Å². The number of aryl methyl sites for hydroxylation is 1. The van der Waals surface area contributed by atoms with Gasteiger partial charge in [-0.15, -0.1) is 0 Å². The molecular formula is C20H24N4O3. The zero-order valence-corrected chi connectivity index (χ0v) is 15.7. The van der Waals surface area contributed by atoms with Crippen LogP contribution in [0.2, 0.25) is 0 Å². The summed E-state index contributed by atoms with van der Waals surface area (Å²) in [6.07, 6.45) is 1.03. The molecule has 3 rings (SSSR count). The number of carbonyl (C=O) groups excluding carboxylic acids is 2. The van der Waals surface area contributed by atoms with E-state index in [0.29, 0.717) is 19.6 Å². The number of aromatic nitrogens is 2. The summed E-state index contributed by atoms with van der Waals surface area (Å²) >= 11 is 0. The summed E-state index contributed by atoms with van der Waals surface area (Å²) < 4.78 is 1.15. The number of carbonyl (C=O) groups is 2. The monoisotopic (exact) mass is 368 g/mol. The van der Waals surface area contributed by atoms with Crippen LogP contribution in [-0.2, 0) is 18.4 Å². The summed E-state index contributed by atoms with van der Waals surface area (Å²) in [5, 5.41) is 4.05. The number of hydrogen-bond acceptors (Lipinski definition) is 4. The first-order chi connectivity index (χ1) is 13.0. The molecule has 1 aromatic carbocycles. The van der Waals surface area contributed by atoms with E-state index in [1.54, 1.807) is 4.90 Å². The van der Waals surface area contributed by atoms with Crippen molar-refractivity contribution >= 4 is 11.8 Å². The van der Waals surface area contributed by atoms with Gasteiger partial charge >= 0.3 is 0 Å². The van der Waals surface area contributed by atoms with Gasteiger partial charge in [-0.25, -0.2) is 4.68 Å². The van der Waals surface area contributed by atoms with Crippen LogP contribution in [0.15, 0.2) is 47.3 Å². The van der Waals surface area contributed by atoms with Crippen LogP contribution in [0.4, 0.5) is 0 Å². The third-order valence-electron chi connectivity index (χ3n) is 4.92. The molecule has 1 aliphatic rings. The van der Waals surface area contributed by atoms with E-state index in [-0.39, 0.29) is 35.5 Å². The molecule has 7 nitrogen and oxygen atoms in total. The Bertz CT molecular complexity index is 878. The Balaban J connectivity index is 1.80. The lowest BCUT2D eigenvalue weighted by Gasteiger charge is -2.31. The Morgan fingerprint density at radius 2 is 1.89 bits per heavy atom. The molecule has 142 valence electrons. The molecule has 1 saturated heterocycles. The summed E-state index contributed by atoms with van der Waals surface area (Å²) in [6.45, 7) is 3.37. The van der Waals surface area contributed by atoms with Crippen LogP contribution in [0.1, 0.15) is 35.8 Å². The van der Waals surface area contributed by atoms with Gasteiger partial charge in [-0.1, -0.05) is 37.3 Å². The van der Waals surface area contributed by atoms with Gasteiger partial charge in [0.1, 0.15) is 5.69 Å². The van der Waals surface area contributed by atoms with E-state index >= 15 is 0 Å². The van der Waals surface area contributed by atoms with Crippen molar-refractivity contribution in [1.29, 1.82) is 0 Å². The molecule has 2 amide bonds. The molecule has 0 bridgehead atoms. The first-order valence-corrected chi connectivity index (χ1v) is 9.16. The fraction of sp³-hybridized carbons (Fsp3) is 0.400. The second kappa shape index (κ2) is 8.16. The number of hydrogen-bond donors (Lipinski definition) is 0. The number of benzene rings is 1. The summed E-state index contributed by atoms with van der Waals surface area (Å²) in [7, 11) is 1.52. The van der Waals surface area contributed by atoms with E-state index < -0.39 is 0 Å². The highest BCUT2D eigenvalue weighted by Crippen LogP contribution is 2.18. The van der Waals surface area contributed by atoms with Crippen molar-refractivity contribution in [2.45, 2.75) is 32.4 Å². The number of nitrogens with zero attached hydrogens (tertiary/aromatic N) is 4. The molecule has 1 atom stereocenters. The zero-order valence-electron chi connectivity index (χ0n) is 15.7. The molecule has 0 aliphatic carbocycles. The van der Waals surface area contributed by atoms with Gasteiger partial charge in [-0.05, 0) is 18.1 Å². The lowest BCUT2D eigenvalue weighted by atomic mass is 10.1. The minimum atomic E-state index is -0.266. The third kappa shape index (κ3) is 4.24. The van der Waals surface area contributed by atoms with Crippen LogP contribution < -0.4 is 5.56 Å². The van der Waals surface area contributed by atoms with Crippen LogP contribution >= 0.6 is 0 Å². The van der Waals surface area contributed by atoms with E-state index in [1.807, 2.05) is 42.2 Å². The Morgan fingerprint density at radius 3 is 2.56 bits per heavy atom. The zero-order chi connectivity index (χ0) is 19.4. The molecule has 2 aromatic rings. The highest BCUT2D eigenvalue weighted by molar-refractivity contribution is 5.92. The number of rotatable bonds is 4. The van der Waals surface area contributed by atoms with Crippen LogP contribution in [0.25, 0.3) is 0 Å². The summed E-state index contributed by atoms with van der Waals surface area (Å²) in [6, 6.07) is 12.6. The predicted octanol–water partition coefficient (Wildman–Crippen LogP) is 1.43. The molecule has 1 aromatic heterocycles. The van der Waals surface area contributed by atoms with Crippen LogP contribution in [0.5, 0.6) is 0 Å². The molecule has 0 spiro atoms. The van der Waals surface area contributed by atoms with Gasteiger partial charge in [0.2, 0.25) is 5.91 Å². The van der Waals surface area contributed by atoms with E-state index in [9.17, 15) is 14.4 Å². The van der Waals surface area contributed by atoms with Crippen molar-refractivity contribution in [3.63, 3.8) is 0 Å². The SMILES string of the molecule is CC[C@@H]1CN(C(=O)c2ccc(=O)n(C)n2)CCC(=O)N1Cc1ccccc1. The summed E-state index contributed by atoms with van der Waals surface area (Å²) in [5.41, 5.74) is 1.03. The van der Waals surface area contributed by atoms with Crippen molar-refractivity contribution < 1.29 is 9.59 Å². The minimum Gasteiger partial charge on any atom is -0.335 e. The standard InChI is InChI=1S/C20H24N4O3/c1-3-16-14-23(20(27)17-9-10-18(25)22(2)21-17)12-11-19(26)24(16)13-15-7-5-4-6-8-15/h4-10,16H,3,11-14H2,1-2H3/t16-/m1/s1. The largest absolute Gasteiger partial charge is 0.335 e. The van der Waals surface area contributed by atoms with Gasteiger partial charge in [0.15, 0.2) is 0 Å². The fourth-order valence-electron chi connectivity index (χ4n) is 3.33. The topological polar surface area (TPSA) is 75.5 Å². The lowest BCUT2D eigenvalue weighted by Crippen LogP contribution is -2.44. The maximum atomic E-state index is 12.9. The van der Waals surface area contributed by atoms with Crippen molar-refractivity contribution in [1.82, 2.24) is 19.6 Å². The highest BCUT2D eigenvalue weighted by atomic mass is 16.2. The van der Waals surface area contributed by atoms with Gasteiger partial charge in [-0.2, -0.15) is 5.10 Å². The maximum Gasteiger partial charge on any atom is 0.274 e. The Labute approximate surface area is 158 Å². The second-order valence-electron chi connectivity index (χ2n) is 6.75. The molecule has 0 radical (unpaired) electrons. The predicted molar refractivity (Wildman–Crippen MR) is 101 cm³/mol. The van der Waals surface area contributed by atoms with Gasteiger partial charge in [0.25, 0.3) is 11.5 Å². The average molecular weight is 368 g/mol. The molecule has 2 heterocycles. The van der Waals surface area contributed by atoms with Crippen molar-refractivity contribution in [2.24, 2.45) is 7.05 Å². The van der Waals surface area contributed by atoms with E-state index in [4.69, 9.17) is 0 Å². The van der Waals surface area contributed by atoms with E-state index in [2.05, 4.69) is 5.10 Å². The summed E-state index contributed by atoms with van der Waals surface area (Å²) in [4.78, 5) is 40.6. The van der Waals surface area contributed by atoms with Crippen LogP contribution in [0, 0.1) is 0 Å². The normalized spacial score (nSPS) is 17.7. The first kappa shape index (κ1) is 18.8. The smallest absolute Gasteiger partial charge is 0.274 e. The molecular weight excluding hydrogens is 344 g/mol. The lowest BCUT2D eigenvalue weighted by molar-refractivity contribution is -0.133. The molecule has 0 N–H and O–H groups in total. The summed E-state index contributed by atoms with van der Waals surface area (Å²) in [5.74, 6) is -0.201. The molecule has 0 saturated carbocycles. The van der Waals surface area contributed by atoms with Gasteiger partial charge < -0.3 is 9.80 Å². The van der Waals surface area contributed by atoms with Crippen LogP contribution in [-0.4, -0.2) is 50.5 Å². The molecule has 1 aliphatic heterocycles. The minimum absolute atomic E-state index is 0.0504. The Morgan fingerprint density at radius 1 is 1.15 bits per heavy atom. The van der Waals surface area contributed by atoms with Crippen molar-refractivity contribution in [3.8, 4) is 0 Å². The van der Waals surface area contributed by atoms with Crippen molar-refractivity contribution in [2.75, 3.05) is 13.1 Å². The quantitative estimate of drug-likeness (QED) is 0.818. The van der Waals surface area contributed by atoms with Crippen molar-refractivity contribution in [3.05, 3.63) is 64.1 Å².